The first kappa shape index (κ1) is 16.5. The van der Waals surface area contributed by atoms with E-state index < -0.39 is 23.3 Å². The van der Waals surface area contributed by atoms with Gasteiger partial charge in [0.25, 0.3) is 5.56 Å². The highest BCUT2D eigenvalue weighted by Crippen LogP contribution is 2.37. The third-order valence-corrected chi connectivity index (χ3v) is 4.46. The van der Waals surface area contributed by atoms with Crippen LogP contribution in [0.5, 0.6) is 0 Å². The quantitative estimate of drug-likeness (QED) is 0.667. The molecule has 0 aliphatic carbocycles. The molecular weight excluding hydrogens is 342 g/mol. The third kappa shape index (κ3) is 3.04. The third-order valence-electron chi connectivity index (χ3n) is 4.46. The lowest BCUT2D eigenvalue weighted by molar-refractivity contribution is -0.119. The Morgan fingerprint density at radius 1 is 1.00 bits per heavy atom. The molecule has 1 aromatic heterocycles. The second kappa shape index (κ2) is 6.77. The maximum atomic E-state index is 12.8. The van der Waals surface area contributed by atoms with E-state index in [1.807, 2.05) is 54.6 Å². The molecule has 0 saturated carbocycles. The SMILES string of the molecule is N#C[C@@H]1C(=O)Nc2nc(Nc3ccccc3)[nH]c(=O)c2[C@@H]1c1ccccc1. The van der Waals surface area contributed by atoms with Crippen molar-refractivity contribution in [2.45, 2.75) is 5.92 Å². The van der Waals surface area contributed by atoms with E-state index in [1.54, 1.807) is 12.1 Å². The van der Waals surface area contributed by atoms with Crippen molar-refractivity contribution in [1.82, 2.24) is 9.97 Å². The number of nitrogens with zero attached hydrogens (tertiary/aromatic N) is 2. The molecule has 27 heavy (non-hydrogen) atoms. The summed E-state index contributed by atoms with van der Waals surface area (Å²) in [5.41, 5.74) is 1.35. The van der Waals surface area contributed by atoms with Crippen LogP contribution in [-0.4, -0.2) is 15.9 Å². The summed E-state index contributed by atoms with van der Waals surface area (Å²) in [5.74, 6) is -1.77. The summed E-state index contributed by atoms with van der Waals surface area (Å²) in [5, 5.41) is 15.1. The van der Waals surface area contributed by atoms with Crippen LogP contribution in [0, 0.1) is 17.2 Å². The second-order valence-corrected chi connectivity index (χ2v) is 6.15. The van der Waals surface area contributed by atoms with Crippen molar-refractivity contribution in [1.29, 1.82) is 5.26 Å². The molecule has 0 radical (unpaired) electrons. The maximum Gasteiger partial charge on any atom is 0.258 e. The minimum absolute atomic E-state index is 0.169. The van der Waals surface area contributed by atoms with E-state index in [-0.39, 0.29) is 17.3 Å². The largest absolute Gasteiger partial charge is 0.326 e. The molecule has 0 saturated heterocycles. The van der Waals surface area contributed by atoms with Gasteiger partial charge in [-0.1, -0.05) is 48.5 Å². The van der Waals surface area contributed by atoms with E-state index in [1.165, 1.54) is 0 Å². The fraction of sp³-hybridized carbons (Fsp3) is 0.100. The van der Waals surface area contributed by atoms with Gasteiger partial charge in [-0.3, -0.25) is 14.6 Å². The molecule has 1 aliphatic heterocycles. The Morgan fingerprint density at radius 2 is 1.67 bits per heavy atom. The zero-order valence-electron chi connectivity index (χ0n) is 14.1. The average Bonchev–Trinajstić information content (AvgIpc) is 2.68. The average molecular weight is 357 g/mol. The van der Waals surface area contributed by atoms with Crippen molar-refractivity contribution in [2.75, 3.05) is 10.6 Å². The van der Waals surface area contributed by atoms with Crippen LogP contribution in [0.3, 0.4) is 0 Å². The molecule has 2 aromatic carbocycles. The lowest BCUT2D eigenvalue weighted by Gasteiger charge is -2.28. The zero-order chi connectivity index (χ0) is 18.8. The van der Waals surface area contributed by atoms with Crippen LogP contribution in [0.4, 0.5) is 17.5 Å². The highest BCUT2D eigenvalue weighted by atomic mass is 16.2. The Morgan fingerprint density at radius 3 is 2.33 bits per heavy atom. The number of hydrogen-bond donors (Lipinski definition) is 3. The first-order valence-corrected chi connectivity index (χ1v) is 8.39. The van der Waals surface area contributed by atoms with Crippen LogP contribution in [0.15, 0.2) is 65.5 Å². The van der Waals surface area contributed by atoms with Crippen LogP contribution in [0.1, 0.15) is 17.0 Å². The van der Waals surface area contributed by atoms with Gasteiger partial charge >= 0.3 is 0 Å². The maximum absolute atomic E-state index is 12.8. The number of fused-ring (bicyclic) bond motifs is 1. The molecule has 2 atom stereocenters. The number of carbonyl (C=O) groups is 1. The van der Waals surface area contributed by atoms with Gasteiger partial charge in [0.2, 0.25) is 11.9 Å². The molecule has 1 aliphatic rings. The van der Waals surface area contributed by atoms with Gasteiger partial charge in [0.1, 0.15) is 11.7 Å². The summed E-state index contributed by atoms with van der Waals surface area (Å²) in [6.45, 7) is 0. The molecule has 3 N–H and O–H groups in total. The Bertz CT molecular complexity index is 1090. The standard InChI is InChI=1S/C20H15N5O2/c21-11-14-15(12-7-3-1-4-8-12)16-17(23-18(14)26)24-20(25-19(16)27)22-13-9-5-2-6-10-13/h1-10,14-15H,(H3,22,23,24,25,26,27)/t14-,15+/m0/s1. The molecule has 7 nitrogen and oxygen atoms in total. The van der Waals surface area contributed by atoms with Crippen molar-refractivity contribution in [3.63, 3.8) is 0 Å². The zero-order valence-corrected chi connectivity index (χ0v) is 14.1. The highest BCUT2D eigenvalue weighted by molar-refractivity contribution is 5.98. The van der Waals surface area contributed by atoms with E-state index in [9.17, 15) is 14.9 Å². The van der Waals surface area contributed by atoms with Gasteiger partial charge in [-0.15, -0.1) is 0 Å². The molecule has 3 aromatic rings. The summed E-state index contributed by atoms with van der Waals surface area (Å²) in [4.78, 5) is 32.3. The highest BCUT2D eigenvalue weighted by Gasteiger charge is 2.40. The van der Waals surface area contributed by atoms with Crippen molar-refractivity contribution in [3.05, 3.63) is 82.1 Å². The number of rotatable bonds is 3. The number of H-pyrrole nitrogens is 1. The topological polar surface area (TPSA) is 111 Å². The number of nitriles is 1. The van der Waals surface area contributed by atoms with E-state index >= 15 is 0 Å². The molecule has 4 rings (SSSR count). The van der Waals surface area contributed by atoms with E-state index in [0.29, 0.717) is 0 Å². The second-order valence-electron chi connectivity index (χ2n) is 6.15. The first-order valence-electron chi connectivity index (χ1n) is 8.39. The molecule has 2 heterocycles. The minimum atomic E-state index is -1.00. The number of para-hydroxylation sites is 1. The van der Waals surface area contributed by atoms with Gasteiger partial charge in [0, 0.05) is 11.6 Å². The molecule has 7 heteroatoms. The van der Waals surface area contributed by atoms with Gasteiger partial charge in [0.05, 0.1) is 11.6 Å². The van der Waals surface area contributed by atoms with E-state index in [2.05, 4.69) is 20.6 Å². The molecule has 0 fully saturated rings. The number of aromatic nitrogens is 2. The van der Waals surface area contributed by atoms with Gasteiger partial charge in [0.15, 0.2) is 0 Å². The van der Waals surface area contributed by atoms with Crippen molar-refractivity contribution in [2.24, 2.45) is 5.92 Å². The van der Waals surface area contributed by atoms with Crippen LogP contribution in [-0.2, 0) is 4.79 Å². The number of nitrogens with one attached hydrogen (secondary N) is 3. The first-order chi connectivity index (χ1) is 13.2. The summed E-state index contributed by atoms with van der Waals surface area (Å²) in [6, 6.07) is 20.3. The summed E-state index contributed by atoms with van der Waals surface area (Å²) in [7, 11) is 0. The Labute approximate surface area is 154 Å². The number of amides is 1. The fourth-order valence-electron chi connectivity index (χ4n) is 3.25. The van der Waals surface area contributed by atoms with E-state index in [0.717, 1.165) is 11.3 Å². The summed E-state index contributed by atoms with van der Waals surface area (Å²) in [6.07, 6.45) is 0. The lowest BCUT2D eigenvalue weighted by Crippen LogP contribution is -2.38. The van der Waals surface area contributed by atoms with Gasteiger partial charge in [-0.25, -0.2) is 0 Å². The molecular formula is C20H15N5O2. The summed E-state index contributed by atoms with van der Waals surface area (Å²) < 4.78 is 0. The van der Waals surface area contributed by atoms with Crippen molar-refractivity contribution < 1.29 is 4.79 Å². The molecule has 1 amide bonds. The number of aromatic amines is 1. The Hall–Kier alpha value is -3.92. The van der Waals surface area contributed by atoms with Gasteiger partial charge in [-0.05, 0) is 17.7 Å². The number of hydrogen-bond acceptors (Lipinski definition) is 5. The van der Waals surface area contributed by atoms with E-state index in [4.69, 9.17) is 0 Å². The molecule has 0 bridgehead atoms. The monoisotopic (exact) mass is 357 g/mol. The normalized spacial score (nSPS) is 18.1. The Balaban J connectivity index is 1.82. The lowest BCUT2D eigenvalue weighted by atomic mass is 9.79. The molecule has 132 valence electrons. The molecule has 0 unspecified atom stereocenters. The smallest absolute Gasteiger partial charge is 0.258 e. The van der Waals surface area contributed by atoms with Crippen molar-refractivity contribution >= 4 is 23.4 Å². The number of anilines is 3. The molecule has 0 spiro atoms. The predicted molar refractivity (Wildman–Crippen MR) is 101 cm³/mol. The van der Waals surface area contributed by atoms with Crippen LogP contribution in [0.25, 0.3) is 0 Å². The van der Waals surface area contributed by atoms with Crippen LogP contribution >= 0.6 is 0 Å². The van der Waals surface area contributed by atoms with Crippen molar-refractivity contribution in [3.8, 4) is 6.07 Å². The van der Waals surface area contributed by atoms with Crippen LogP contribution in [0.2, 0.25) is 0 Å². The number of carbonyl (C=O) groups excluding carboxylic acids is 1. The predicted octanol–water partition coefficient (Wildman–Crippen LogP) is 2.74. The summed E-state index contributed by atoms with van der Waals surface area (Å²) >= 11 is 0. The fourth-order valence-corrected chi connectivity index (χ4v) is 3.25. The number of benzene rings is 2. The Kier molecular flexibility index (Phi) is 4.15. The minimum Gasteiger partial charge on any atom is -0.326 e. The van der Waals surface area contributed by atoms with Gasteiger partial charge < -0.3 is 10.6 Å². The van der Waals surface area contributed by atoms with Gasteiger partial charge in [-0.2, -0.15) is 10.2 Å². The van der Waals surface area contributed by atoms with Crippen LogP contribution < -0.4 is 16.2 Å².